The standard InChI is InChI=1S/C9H12N2/c1-4-5-8(2)9(3,6-10)7-11/h4-5,8H,1-3H3/b5-4+. The maximum Gasteiger partial charge on any atom is 0.147 e. The van der Waals surface area contributed by atoms with Crippen LogP contribution in [0.4, 0.5) is 0 Å². The van der Waals surface area contributed by atoms with Crippen molar-refractivity contribution in [2.45, 2.75) is 20.8 Å². The van der Waals surface area contributed by atoms with E-state index in [4.69, 9.17) is 10.5 Å². The van der Waals surface area contributed by atoms with Crippen LogP contribution in [0.1, 0.15) is 20.8 Å². The van der Waals surface area contributed by atoms with Crippen LogP contribution in [-0.4, -0.2) is 0 Å². The summed E-state index contributed by atoms with van der Waals surface area (Å²) in [5.74, 6) is -0.0116. The molecule has 2 heteroatoms. The molecule has 0 heterocycles. The Bertz CT molecular complexity index is 213. The SMILES string of the molecule is C/C=C/C(C)C(C)(C#N)C#N. The van der Waals surface area contributed by atoms with E-state index in [0.717, 1.165) is 0 Å². The van der Waals surface area contributed by atoms with E-state index in [9.17, 15) is 0 Å². The Morgan fingerprint density at radius 1 is 1.36 bits per heavy atom. The Hall–Kier alpha value is -1.28. The molecule has 0 aliphatic carbocycles. The minimum Gasteiger partial charge on any atom is -0.197 e. The minimum absolute atomic E-state index is 0.0116. The maximum absolute atomic E-state index is 8.68. The Balaban J connectivity index is 4.57. The van der Waals surface area contributed by atoms with E-state index in [-0.39, 0.29) is 5.92 Å². The van der Waals surface area contributed by atoms with Gasteiger partial charge in [-0.3, -0.25) is 0 Å². The third-order valence-corrected chi connectivity index (χ3v) is 1.86. The topological polar surface area (TPSA) is 47.6 Å². The first kappa shape index (κ1) is 9.72. The molecule has 0 aromatic rings. The van der Waals surface area contributed by atoms with Crippen molar-refractivity contribution in [3.63, 3.8) is 0 Å². The van der Waals surface area contributed by atoms with Gasteiger partial charge in [-0.25, -0.2) is 0 Å². The Morgan fingerprint density at radius 2 is 1.82 bits per heavy atom. The Morgan fingerprint density at radius 3 is 2.09 bits per heavy atom. The zero-order chi connectivity index (χ0) is 8.91. The van der Waals surface area contributed by atoms with Gasteiger partial charge in [0.05, 0.1) is 12.1 Å². The second-order valence-electron chi connectivity index (χ2n) is 2.74. The zero-order valence-corrected chi connectivity index (χ0v) is 7.13. The lowest BCUT2D eigenvalue weighted by Crippen LogP contribution is -2.19. The Labute approximate surface area is 67.8 Å². The van der Waals surface area contributed by atoms with Crippen molar-refractivity contribution in [2.75, 3.05) is 0 Å². The van der Waals surface area contributed by atoms with Crippen molar-refractivity contribution in [3.8, 4) is 12.1 Å². The monoisotopic (exact) mass is 148 g/mol. The predicted octanol–water partition coefficient (Wildman–Crippen LogP) is 2.25. The van der Waals surface area contributed by atoms with E-state index < -0.39 is 5.41 Å². The molecule has 0 spiro atoms. The van der Waals surface area contributed by atoms with Crippen molar-refractivity contribution >= 4 is 0 Å². The zero-order valence-electron chi connectivity index (χ0n) is 7.13. The molecule has 2 nitrogen and oxygen atoms in total. The highest BCUT2D eigenvalue weighted by molar-refractivity contribution is 5.16. The summed E-state index contributed by atoms with van der Waals surface area (Å²) in [6.45, 7) is 5.40. The second kappa shape index (κ2) is 3.78. The third-order valence-electron chi connectivity index (χ3n) is 1.86. The van der Waals surface area contributed by atoms with Crippen LogP contribution in [-0.2, 0) is 0 Å². The van der Waals surface area contributed by atoms with Crippen LogP contribution < -0.4 is 0 Å². The van der Waals surface area contributed by atoms with Crippen molar-refractivity contribution in [3.05, 3.63) is 12.2 Å². The summed E-state index contributed by atoms with van der Waals surface area (Å²) in [5.41, 5.74) is -0.882. The first-order chi connectivity index (χ1) is 5.10. The lowest BCUT2D eigenvalue weighted by atomic mass is 9.81. The third kappa shape index (κ3) is 2.09. The molecule has 1 atom stereocenters. The van der Waals surface area contributed by atoms with Gasteiger partial charge in [-0.1, -0.05) is 19.1 Å². The summed E-state index contributed by atoms with van der Waals surface area (Å²) in [6, 6.07) is 4.00. The van der Waals surface area contributed by atoms with E-state index in [1.54, 1.807) is 6.92 Å². The predicted molar refractivity (Wildman–Crippen MR) is 43.3 cm³/mol. The van der Waals surface area contributed by atoms with Gasteiger partial charge in [0.2, 0.25) is 0 Å². The van der Waals surface area contributed by atoms with Gasteiger partial charge in [0.25, 0.3) is 0 Å². The van der Waals surface area contributed by atoms with Crippen LogP contribution in [0.25, 0.3) is 0 Å². The maximum atomic E-state index is 8.68. The van der Waals surface area contributed by atoms with Crippen LogP contribution >= 0.6 is 0 Å². The normalized spacial score (nSPS) is 13.9. The summed E-state index contributed by atoms with van der Waals surface area (Å²) < 4.78 is 0. The smallest absolute Gasteiger partial charge is 0.147 e. The number of hydrogen-bond acceptors (Lipinski definition) is 2. The molecular weight excluding hydrogens is 136 g/mol. The fourth-order valence-corrected chi connectivity index (χ4v) is 0.710. The van der Waals surface area contributed by atoms with E-state index in [0.29, 0.717) is 0 Å². The van der Waals surface area contributed by atoms with Gasteiger partial charge >= 0.3 is 0 Å². The summed E-state index contributed by atoms with van der Waals surface area (Å²) >= 11 is 0. The van der Waals surface area contributed by atoms with Crippen molar-refractivity contribution < 1.29 is 0 Å². The summed E-state index contributed by atoms with van der Waals surface area (Å²) in [5, 5.41) is 17.4. The van der Waals surface area contributed by atoms with Crippen LogP contribution in [0.2, 0.25) is 0 Å². The lowest BCUT2D eigenvalue weighted by molar-refractivity contribution is 0.449. The van der Waals surface area contributed by atoms with Crippen molar-refractivity contribution in [2.24, 2.45) is 11.3 Å². The van der Waals surface area contributed by atoms with Gasteiger partial charge in [-0.15, -0.1) is 0 Å². The largest absolute Gasteiger partial charge is 0.197 e. The lowest BCUT2D eigenvalue weighted by Gasteiger charge is -2.16. The Kier molecular flexibility index (Phi) is 3.34. The van der Waals surface area contributed by atoms with Crippen molar-refractivity contribution in [1.29, 1.82) is 10.5 Å². The second-order valence-corrected chi connectivity index (χ2v) is 2.74. The molecule has 0 aliphatic rings. The molecule has 0 bridgehead atoms. The minimum atomic E-state index is -0.882. The van der Waals surface area contributed by atoms with E-state index >= 15 is 0 Å². The molecule has 0 aromatic heterocycles. The van der Waals surface area contributed by atoms with Gasteiger partial charge < -0.3 is 0 Å². The molecule has 0 fully saturated rings. The van der Waals surface area contributed by atoms with Gasteiger partial charge in [0.1, 0.15) is 5.41 Å². The fraction of sp³-hybridized carbons (Fsp3) is 0.556. The fourth-order valence-electron chi connectivity index (χ4n) is 0.710. The van der Waals surface area contributed by atoms with Gasteiger partial charge in [0.15, 0.2) is 0 Å². The molecule has 0 saturated heterocycles. The van der Waals surface area contributed by atoms with E-state index in [2.05, 4.69) is 0 Å². The first-order valence-electron chi connectivity index (χ1n) is 3.56. The van der Waals surface area contributed by atoms with Crippen LogP contribution in [0.5, 0.6) is 0 Å². The van der Waals surface area contributed by atoms with Gasteiger partial charge in [-0.2, -0.15) is 10.5 Å². The van der Waals surface area contributed by atoms with E-state index in [1.165, 1.54) is 0 Å². The average Bonchev–Trinajstić information content (AvgIpc) is 2.03. The molecule has 11 heavy (non-hydrogen) atoms. The van der Waals surface area contributed by atoms with Crippen molar-refractivity contribution in [1.82, 2.24) is 0 Å². The molecule has 0 N–H and O–H groups in total. The van der Waals surface area contributed by atoms with Crippen LogP contribution in [0.3, 0.4) is 0 Å². The number of rotatable bonds is 2. The molecule has 0 aliphatic heterocycles. The van der Waals surface area contributed by atoms with Gasteiger partial charge in [0, 0.05) is 5.92 Å². The molecule has 58 valence electrons. The number of nitriles is 2. The summed E-state index contributed by atoms with van der Waals surface area (Å²) in [4.78, 5) is 0. The van der Waals surface area contributed by atoms with Crippen LogP contribution in [0, 0.1) is 34.0 Å². The quantitative estimate of drug-likeness (QED) is 0.564. The first-order valence-corrected chi connectivity index (χ1v) is 3.56. The highest BCUT2D eigenvalue weighted by Gasteiger charge is 2.28. The molecule has 0 amide bonds. The molecule has 0 radical (unpaired) electrons. The highest BCUT2D eigenvalue weighted by atomic mass is 14.4. The number of nitrogens with zero attached hydrogens (tertiary/aromatic N) is 2. The molecule has 0 rings (SSSR count). The number of allylic oxidation sites excluding steroid dienone is 2. The molecular formula is C9H12N2. The van der Waals surface area contributed by atoms with Gasteiger partial charge in [-0.05, 0) is 13.8 Å². The van der Waals surface area contributed by atoms with E-state index in [1.807, 2.05) is 38.1 Å². The average molecular weight is 148 g/mol. The highest BCUT2D eigenvalue weighted by Crippen LogP contribution is 2.25. The summed E-state index contributed by atoms with van der Waals surface area (Å²) in [7, 11) is 0. The summed E-state index contributed by atoms with van der Waals surface area (Å²) in [6.07, 6.45) is 3.73. The molecule has 0 aromatic carbocycles. The molecule has 0 saturated carbocycles. The van der Waals surface area contributed by atoms with Crippen LogP contribution in [0.15, 0.2) is 12.2 Å². The number of hydrogen-bond donors (Lipinski definition) is 0. The molecule has 1 unspecified atom stereocenters.